The van der Waals surface area contributed by atoms with Crippen molar-refractivity contribution in [1.82, 2.24) is 10.2 Å². The van der Waals surface area contributed by atoms with Crippen molar-refractivity contribution in [2.75, 3.05) is 26.7 Å². The maximum Gasteiger partial charge on any atom is 0.259 e. The minimum absolute atomic E-state index is 0.148. The Morgan fingerprint density at radius 1 is 1.24 bits per heavy atom. The van der Waals surface area contributed by atoms with Gasteiger partial charge in [-0.1, -0.05) is 23.7 Å². The van der Waals surface area contributed by atoms with Crippen LogP contribution >= 0.6 is 11.6 Å². The van der Waals surface area contributed by atoms with Crippen LogP contribution in [0.15, 0.2) is 24.3 Å². The lowest BCUT2D eigenvalue weighted by Crippen LogP contribution is -2.39. The third kappa shape index (κ3) is 6.71. The van der Waals surface area contributed by atoms with E-state index in [1.807, 2.05) is 11.9 Å². The van der Waals surface area contributed by atoms with E-state index < -0.39 is 5.91 Å². The number of amides is 2. The van der Waals surface area contributed by atoms with Gasteiger partial charge < -0.3 is 5.11 Å². The maximum atomic E-state index is 11.9. The van der Waals surface area contributed by atoms with E-state index in [1.165, 1.54) is 0 Å². The third-order valence-electron chi connectivity index (χ3n) is 2.98. The van der Waals surface area contributed by atoms with E-state index in [1.54, 1.807) is 24.3 Å². The molecular formula is C15H21ClN2O3. The number of nitrogens with one attached hydrogen (secondary N) is 1. The molecule has 0 fully saturated rings. The van der Waals surface area contributed by atoms with Gasteiger partial charge in [0.05, 0.1) is 17.1 Å². The van der Waals surface area contributed by atoms with Gasteiger partial charge in [0, 0.05) is 6.61 Å². The molecule has 0 saturated carbocycles. The number of hydrogen-bond acceptors (Lipinski definition) is 4. The molecule has 1 rings (SSSR count). The fourth-order valence-electron chi connectivity index (χ4n) is 1.87. The van der Waals surface area contributed by atoms with E-state index in [2.05, 4.69) is 5.32 Å². The molecule has 5 nitrogen and oxygen atoms in total. The van der Waals surface area contributed by atoms with Crippen LogP contribution in [0.2, 0.25) is 5.02 Å². The van der Waals surface area contributed by atoms with Gasteiger partial charge in [-0.2, -0.15) is 0 Å². The number of hydrogen-bond donors (Lipinski definition) is 2. The van der Waals surface area contributed by atoms with E-state index >= 15 is 0 Å². The Morgan fingerprint density at radius 2 is 1.95 bits per heavy atom. The molecule has 0 aromatic heterocycles. The first-order valence-corrected chi connectivity index (χ1v) is 7.30. The van der Waals surface area contributed by atoms with Gasteiger partial charge in [0.2, 0.25) is 5.91 Å². The summed E-state index contributed by atoms with van der Waals surface area (Å²) in [6.07, 6.45) is 2.59. The van der Waals surface area contributed by atoms with Crippen molar-refractivity contribution < 1.29 is 14.7 Å². The molecule has 21 heavy (non-hydrogen) atoms. The lowest BCUT2D eigenvalue weighted by Gasteiger charge is -2.15. The summed E-state index contributed by atoms with van der Waals surface area (Å²) in [5.41, 5.74) is 0.290. The second-order valence-electron chi connectivity index (χ2n) is 4.88. The molecule has 0 saturated heterocycles. The fraction of sp³-hybridized carbons (Fsp3) is 0.467. The van der Waals surface area contributed by atoms with Crippen LogP contribution in [0, 0.1) is 0 Å². The number of aliphatic hydroxyl groups is 1. The van der Waals surface area contributed by atoms with Crippen molar-refractivity contribution in [3.05, 3.63) is 34.9 Å². The standard InChI is InChI=1S/C15H21ClN2O3/c1-18(9-5-2-6-10-19)11-14(20)17-15(21)12-7-3-4-8-13(12)16/h3-4,7-8,19H,2,5-6,9-11H2,1H3,(H,17,20,21). The molecule has 1 aromatic carbocycles. The summed E-state index contributed by atoms with van der Waals surface area (Å²) in [5.74, 6) is -0.844. The van der Waals surface area contributed by atoms with E-state index in [0.717, 1.165) is 25.8 Å². The highest BCUT2D eigenvalue weighted by molar-refractivity contribution is 6.34. The van der Waals surface area contributed by atoms with Crippen molar-refractivity contribution in [2.45, 2.75) is 19.3 Å². The normalized spacial score (nSPS) is 10.7. The zero-order chi connectivity index (χ0) is 15.7. The highest BCUT2D eigenvalue weighted by Gasteiger charge is 2.14. The number of carbonyl (C=O) groups is 2. The molecule has 0 aliphatic rings. The molecule has 2 amide bonds. The Labute approximate surface area is 129 Å². The number of benzene rings is 1. The molecule has 0 unspecified atom stereocenters. The van der Waals surface area contributed by atoms with Gasteiger partial charge in [0.1, 0.15) is 0 Å². The quantitative estimate of drug-likeness (QED) is 0.717. The van der Waals surface area contributed by atoms with Crippen molar-refractivity contribution in [1.29, 1.82) is 0 Å². The average Bonchev–Trinajstić information content (AvgIpc) is 2.43. The van der Waals surface area contributed by atoms with Gasteiger partial charge >= 0.3 is 0 Å². The molecule has 116 valence electrons. The highest BCUT2D eigenvalue weighted by Crippen LogP contribution is 2.14. The van der Waals surface area contributed by atoms with Crippen LogP contribution in [0.5, 0.6) is 0 Å². The molecule has 0 bridgehead atoms. The largest absolute Gasteiger partial charge is 0.396 e. The van der Waals surface area contributed by atoms with Gasteiger partial charge in [-0.05, 0) is 45.0 Å². The van der Waals surface area contributed by atoms with E-state index in [9.17, 15) is 9.59 Å². The Hall–Kier alpha value is -1.43. The molecule has 0 atom stereocenters. The number of nitrogens with zero attached hydrogens (tertiary/aromatic N) is 1. The SMILES string of the molecule is CN(CCCCCO)CC(=O)NC(=O)c1ccccc1Cl. The number of carbonyl (C=O) groups excluding carboxylic acids is 2. The number of unbranched alkanes of at least 4 members (excludes halogenated alkanes) is 2. The number of rotatable bonds is 8. The molecule has 6 heteroatoms. The first-order valence-electron chi connectivity index (χ1n) is 6.92. The van der Waals surface area contributed by atoms with Crippen LogP contribution in [0.1, 0.15) is 29.6 Å². The molecule has 2 N–H and O–H groups in total. The monoisotopic (exact) mass is 312 g/mol. The summed E-state index contributed by atoms with van der Waals surface area (Å²) in [4.78, 5) is 25.5. The highest BCUT2D eigenvalue weighted by atomic mass is 35.5. The molecule has 0 spiro atoms. The lowest BCUT2D eigenvalue weighted by atomic mass is 10.2. The van der Waals surface area contributed by atoms with Crippen LogP contribution in [-0.2, 0) is 4.79 Å². The maximum absolute atomic E-state index is 11.9. The lowest BCUT2D eigenvalue weighted by molar-refractivity contribution is -0.121. The molecule has 0 heterocycles. The van der Waals surface area contributed by atoms with Gasteiger partial charge in [0.15, 0.2) is 0 Å². The predicted molar refractivity (Wildman–Crippen MR) is 82.4 cm³/mol. The van der Waals surface area contributed by atoms with Gasteiger partial charge in [-0.15, -0.1) is 0 Å². The van der Waals surface area contributed by atoms with Crippen molar-refractivity contribution >= 4 is 23.4 Å². The molecule has 0 aliphatic carbocycles. The minimum Gasteiger partial charge on any atom is -0.396 e. The van der Waals surface area contributed by atoms with Crippen LogP contribution in [0.4, 0.5) is 0 Å². The second kappa shape index (κ2) is 9.50. The predicted octanol–water partition coefficient (Wildman–Crippen LogP) is 1.69. The van der Waals surface area contributed by atoms with E-state index in [-0.39, 0.29) is 24.6 Å². The summed E-state index contributed by atoms with van der Waals surface area (Å²) in [6, 6.07) is 6.59. The van der Waals surface area contributed by atoms with Crippen LogP contribution in [0.3, 0.4) is 0 Å². The van der Waals surface area contributed by atoms with Gasteiger partial charge in [-0.25, -0.2) is 0 Å². The van der Waals surface area contributed by atoms with Crippen LogP contribution < -0.4 is 5.32 Å². The van der Waals surface area contributed by atoms with Crippen molar-refractivity contribution in [3.8, 4) is 0 Å². The van der Waals surface area contributed by atoms with Crippen molar-refractivity contribution in [3.63, 3.8) is 0 Å². The summed E-state index contributed by atoms with van der Waals surface area (Å²) in [6.45, 7) is 1.08. The average molecular weight is 313 g/mol. The topological polar surface area (TPSA) is 69.6 Å². The second-order valence-corrected chi connectivity index (χ2v) is 5.29. The zero-order valence-electron chi connectivity index (χ0n) is 12.1. The van der Waals surface area contributed by atoms with Gasteiger partial charge in [-0.3, -0.25) is 19.8 Å². The first-order chi connectivity index (χ1) is 10.0. The Balaban J connectivity index is 2.36. The van der Waals surface area contributed by atoms with Gasteiger partial charge in [0.25, 0.3) is 5.91 Å². The number of likely N-dealkylation sites (N-methyl/N-ethyl adjacent to an activating group) is 1. The van der Waals surface area contributed by atoms with Crippen LogP contribution in [-0.4, -0.2) is 48.6 Å². The zero-order valence-corrected chi connectivity index (χ0v) is 12.9. The van der Waals surface area contributed by atoms with E-state index in [4.69, 9.17) is 16.7 Å². The Bertz CT molecular complexity index is 480. The minimum atomic E-state index is -0.487. The smallest absolute Gasteiger partial charge is 0.259 e. The first kappa shape index (κ1) is 17.6. The number of aliphatic hydroxyl groups excluding tert-OH is 1. The molecule has 1 aromatic rings. The number of halogens is 1. The molecule has 0 aliphatic heterocycles. The Kier molecular flexibility index (Phi) is 7.97. The number of imide groups is 1. The Morgan fingerprint density at radius 3 is 2.62 bits per heavy atom. The summed E-state index contributed by atoms with van der Waals surface area (Å²) < 4.78 is 0. The van der Waals surface area contributed by atoms with Crippen LogP contribution in [0.25, 0.3) is 0 Å². The third-order valence-corrected chi connectivity index (χ3v) is 3.31. The summed E-state index contributed by atoms with van der Waals surface area (Å²) in [5, 5.41) is 11.3. The van der Waals surface area contributed by atoms with E-state index in [0.29, 0.717) is 5.02 Å². The molecular weight excluding hydrogens is 292 g/mol. The van der Waals surface area contributed by atoms with Crippen molar-refractivity contribution in [2.24, 2.45) is 0 Å². The molecule has 0 radical (unpaired) electrons. The summed E-state index contributed by atoms with van der Waals surface area (Å²) in [7, 11) is 1.82. The fourth-order valence-corrected chi connectivity index (χ4v) is 2.09. The summed E-state index contributed by atoms with van der Waals surface area (Å²) >= 11 is 5.90.